The zero-order chi connectivity index (χ0) is 22.2. The van der Waals surface area contributed by atoms with Gasteiger partial charge in [-0.15, -0.1) is 11.3 Å². The van der Waals surface area contributed by atoms with Crippen molar-refractivity contribution in [1.29, 1.82) is 0 Å². The Labute approximate surface area is 181 Å². The number of amides is 1. The van der Waals surface area contributed by atoms with Crippen molar-refractivity contribution >= 4 is 35.1 Å². The first-order valence-electron chi connectivity index (χ1n) is 8.98. The number of nitrogens with zero attached hydrogens (tertiary/aromatic N) is 2. The number of ether oxygens (including phenoxy) is 2. The largest absolute Gasteiger partial charge is 0.477 e. The van der Waals surface area contributed by atoms with Crippen LogP contribution in [0.2, 0.25) is 0 Å². The SMILES string of the molecule is Cc1ccc(OCC(=O)NN=Cc2cccc(OC(=O)c3cccs3)c2)c([N+](=O)[O-])c1. The summed E-state index contributed by atoms with van der Waals surface area (Å²) in [7, 11) is 0. The molecule has 0 fully saturated rings. The number of carbonyl (C=O) groups is 2. The van der Waals surface area contributed by atoms with E-state index in [4.69, 9.17) is 9.47 Å². The number of benzene rings is 2. The Balaban J connectivity index is 1.53. The van der Waals surface area contributed by atoms with Gasteiger partial charge in [-0.3, -0.25) is 14.9 Å². The quantitative estimate of drug-likeness (QED) is 0.188. The molecule has 0 aliphatic heterocycles. The van der Waals surface area contributed by atoms with Crippen LogP contribution in [0.1, 0.15) is 20.8 Å². The molecule has 10 heteroatoms. The van der Waals surface area contributed by atoms with Crippen LogP contribution in [0.15, 0.2) is 65.1 Å². The molecule has 31 heavy (non-hydrogen) atoms. The monoisotopic (exact) mass is 439 g/mol. The van der Waals surface area contributed by atoms with Gasteiger partial charge in [0.1, 0.15) is 10.6 Å². The average molecular weight is 439 g/mol. The predicted octanol–water partition coefficient (Wildman–Crippen LogP) is 3.71. The van der Waals surface area contributed by atoms with Gasteiger partial charge >= 0.3 is 11.7 Å². The van der Waals surface area contributed by atoms with Crippen molar-refractivity contribution in [3.63, 3.8) is 0 Å². The minimum atomic E-state index is -0.591. The molecule has 0 saturated carbocycles. The summed E-state index contributed by atoms with van der Waals surface area (Å²) in [5.74, 6) is -0.718. The number of nitro groups is 1. The Morgan fingerprint density at radius 3 is 2.77 bits per heavy atom. The van der Waals surface area contributed by atoms with E-state index in [1.54, 1.807) is 54.8 Å². The van der Waals surface area contributed by atoms with Crippen molar-refractivity contribution in [2.45, 2.75) is 6.92 Å². The fourth-order valence-corrected chi connectivity index (χ4v) is 3.06. The summed E-state index contributed by atoms with van der Waals surface area (Å²) in [5, 5.41) is 16.7. The average Bonchev–Trinajstić information content (AvgIpc) is 3.28. The Morgan fingerprint density at radius 1 is 1.19 bits per heavy atom. The molecule has 1 heterocycles. The van der Waals surface area contributed by atoms with Crippen LogP contribution in [0.4, 0.5) is 5.69 Å². The fourth-order valence-electron chi connectivity index (χ4n) is 2.46. The molecule has 1 N–H and O–H groups in total. The minimum absolute atomic E-state index is 0.00464. The normalized spacial score (nSPS) is 10.6. The van der Waals surface area contributed by atoms with Gasteiger partial charge in [0, 0.05) is 6.07 Å². The number of rotatable bonds is 8. The van der Waals surface area contributed by atoms with Gasteiger partial charge in [0.2, 0.25) is 0 Å². The number of carbonyl (C=O) groups excluding carboxylic acids is 2. The molecular formula is C21H17N3O6S. The molecular weight excluding hydrogens is 422 g/mol. The van der Waals surface area contributed by atoms with Crippen LogP contribution in [-0.2, 0) is 4.79 Å². The molecule has 9 nitrogen and oxygen atoms in total. The Bertz CT molecular complexity index is 1130. The van der Waals surface area contributed by atoms with Crippen LogP contribution in [0.5, 0.6) is 11.5 Å². The van der Waals surface area contributed by atoms with E-state index in [2.05, 4.69) is 10.5 Å². The first-order valence-corrected chi connectivity index (χ1v) is 9.86. The first-order chi connectivity index (χ1) is 14.9. The number of nitrogens with one attached hydrogen (secondary N) is 1. The summed E-state index contributed by atoms with van der Waals surface area (Å²) in [4.78, 5) is 34.9. The summed E-state index contributed by atoms with van der Waals surface area (Å²) < 4.78 is 10.5. The zero-order valence-corrected chi connectivity index (χ0v) is 17.1. The number of nitro benzene ring substituents is 1. The molecule has 0 aliphatic rings. The Hall–Kier alpha value is -4.05. The third-order valence-electron chi connectivity index (χ3n) is 3.86. The topological polar surface area (TPSA) is 120 Å². The number of hydrazone groups is 1. The third-order valence-corrected chi connectivity index (χ3v) is 4.71. The van der Waals surface area contributed by atoms with E-state index in [0.29, 0.717) is 21.8 Å². The first kappa shape index (κ1) is 21.7. The molecule has 0 saturated heterocycles. The number of hydrogen-bond acceptors (Lipinski definition) is 8. The lowest BCUT2D eigenvalue weighted by Gasteiger charge is -2.06. The maximum Gasteiger partial charge on any atom is 0.353 e. The van der Waals surface area contributed by atoms with Gasteiger partial charge in [-0.05, 0) is 47.7 Å². The van der Waals surface area contributed by atoms with Gasteiger partial charge in [0.15, 0.2) is 12.4 Å². The molecule has 0 unspecified atom stereocenters. The highest BCUT2D eigenvalue weighted by Gasteiger charge is 2.16. The van der Waals surface area contributed by atoms with Gasteiger partial charge in [0.25, 0.3) is 5.91 Å². The molecule has 1 amide bonds. The molecule has 0 bridgehead atoms. The molecule has 2 aromatic carbocycles. The van der Waals surface area contributed by atoms with Crippen LogP contribution in [0, 0.1) is 17.0 Å². The maximum absolute atomic E-state index is 12.0. The van der Waals surface area contributed by atoms with Crippen molar-refractivity contribution in [3.8, 4) is 11.5 Å². The molecule has 0 aliphatic carbocycles. The fraction of sp³-hybridized carbons (Fsp3) is 0.0952. The van der Waals surface area contributed by atoms with E-state index in [1.807, 2.05) is 0 Å². The maximum atomic E-state index is 12.0. The van der Waals surface area contributed by atoms with Crippen molar-refractivity contribution in [3.05, 3.63) is 86.1 Å². The van der Waals surface area contributed by atoms with Crippen molar-refractivity contribution in [1.82, 2.24) is 5.43 Å². The number of aryl methyl sites for hydroxylation is 1. The molecule has 0 spiro atoms. The van der Waals surface area contributed by atoms with Gasteiger partial charge in [-0.2, -0.15) is 5.10 Å². The third kappa shape index (κ3) is 6.21. The Kier molecular flexibility index (Phi) is 7.07. The second-order valence-corrected chi connectivity index (χ2v) is 7.20. The summed E-state index contributed by atoms with van der Waals surface area (Å²) in [6.07, 6.45) is 1.37. The highest BCUT2D eigenvalue weighted by Crippen LogP contribution is 2.27. The molecule has 1 aromatic heterocycles. The van der Waals surface area contributed by atoms with E-state index in [9.17, 15) is 19.7 Å². The molecule has 3 rings (SSSR count). The molecule has 0 radical (unpaired) electrons. The number of hydrogen-bond donors (Lipinski definition) is 1. The number of esters is 1. The summed E-state index contributed by atoms with van der Waals surface area (Å²) >= 11 is 1.28. The highest BCUT2D eigenvalue weighted by molar-refractivity contribution is 7.12. The van der Waals surface area contributed by atoms with Gasteiger partial charge in [-0.25, -0.2) is 10.2 Å². The molecule has 0 atom stereocenters. The van der Waals surface area contributed by atoms with Crippen LogP contribution < -0.4 is 14.9 Å². The second kappa shape index (κ2) is 10.1. The van der Waals surface area contributed by atoms with Crippen molar-refractivity contribution < 1.29 is 24.0 Å². The summed E-state index contributed by atoms with van der Waals surface area (Å²) in [6, 6.07) is 14.5. The highest BCUT2D eigenvalue weighted by atomic mass is 32.1. The van der Waals surface area contributed by atoms with E-state index in [-0.39, 0.29) is 11.4 Å². The molecule has 158 valence electrons. The number of thiophene rings is 1. The standard InChI is InChI=1S/C21H17N3O6S/c1-14-7-8-18(17(10-14)24(27)28)29-13-20(25)23-22-12-15-4-2-5-16(11-15)30-21(26)19-6-3-9-31-19/h2-12H,13H2,1H3,(H,23,25). The smallest absolute Gasteiger partial charge is 0.353 e. The predicted molar refractivity (Wildman–Crippen MR) is 115 cm³/mol. The van der Waals surface area contributed by atoms with Gasteiger partial charge < -0.3 is 9.47 Å². The zero-order valence-electron chi connectivity index (χ0n) is 16.3. The summed E-state index contributed by atoms with van der Waals surface area (Å²) in [6.45, 7) is 1.27. The van der Waals surface area contributed by atoms with Crippen LogP contribution in [0.25, 0.3) is 0 Å². The Morgan fingerprint density at radius 2 is 2.03 bits per heavy atom. The van der Waals surface area contributed by atoms with E-state index < -0.39 is 23.4 Å². The van der Waals surface area contributed by atoms with Gasteiger partial charge in [0.05, 0.1) is 11.1 Å². The van der Waals surface area contributed by atoms with Crippen LogP contribution >= 0.6 is 11.3 Å². The lowest BCUT2D eigenvalue weighted by atomic mass is 10.2. The van der Waals surface area contributed by atoms with Crippen molar-refractivity contribution in [2.75, 3.05) is 6.61 Å². The van der Waals surface area contributed by atoms with Gasteiger partial charge in [-0.1, -0.05) is 24.3 Å². The van der Waals surface area contributed by atoms with Crippen molar-refractivity contribution in [2.24, 2.45) is 5.10 Å². The minimum Gasteiger partial charge on any atom is -0.477 e. The van der Waals surface area contributed by atoms with E-state index in [1.165, 1.54) is 29.7 Å². The lowest BCUT2D eigenvalue weighted by molar-refractivity contribution is -0.385. The second-order valence-electron chi connectivity index (χ2n) is 6.25. The van der Waals surface area contributed by atoms with Crippen LogP contribution in [-0.4, -0.2) is 29.6 Å². The van der Waals surface area contributed by atoms with Crippen LogP contribution in [0.3, 0.4) is 0 Å². The van der Waals surface area contributed by atoms with E-state index >= 15 is 0 Å². The summed E-state index contributed by atoms with van der Waals surface area (Å²) in [5.41, 5.74) is 3.35. The molecule has 3 aromatic rings. The van der Waals surface area contributed by atoms with E-state index in [0.717, 1.165) is 0 Å². The lowest BCUT2D eigenvalue weighted by Crippen LogP contribution is -2.24.